The molecule has 3 heteroatoms. The zero-order valence-corrected chi connectivity index (χ0v) is 13.6. The number of ether oxygens (including phenoxy) is 1. The summed E-state index contributed by atoms with van der Waals surface area (Å²) in [5.41, 5.74) is 0.146. The van der Waals surface area contributed by atoms with Crippen molar-refractivity contribution in [3.05, 3.63) is 0 Å². The van der Waals surface area contributed by atoms with Crippen molar-refractivity contribution in [2.24, 2.45) is 34.5 Å². The molecular weight excluding hydrogens is 276 g/mol. The van der Waals surface area contributed by atoms with E-state index in [2.05, 4.69) is 13.8 Å². The van der Waals surface area contributed by atoms with Crippen molar-refractivity contribution in [3.8, 4) is 0 Å². The highest BCUT2D eigenvalue weighted by Crippen LogP contribution is 2.67. The Kier molecular flexibility index (Phi) is 2.51. The van der Waals surface area contributed by atoms with Crippen molar-refractivity contribution in [3.63, 3.8) is 0 Å². The molecule has 5 fully saturated rings. The highest BCUT2D eigenvalue weighted by Gasteiger charge is 2.69. The summed E-state index contributed by atoms with van der Waals surface area (Å²) in [5.74, 6) is 3.32. The van der Waals surface area contributed by atoms with E-state index in [0.717, 1.165) is 38.5 Å². The molecule has 1 heterocycles. The van der Waals surface area contributed by atoms with Crippen LogP contribution in [0.1, 0.15) is 58.8 Å². The van der Waals surface area contributed by atoms with Crippen molar-refractivity contribution in [2.45, 2.75) is 71.0 Å². The molecule has 3 nitrogen and oxygen atoms in total. The van der Waals surface area contributed by atoms with Crippen LogP contribution in [-0.4, -0.2) is 23.8 Å². The lowest BCUT2D eigenvalue weighted by atomic mass is 9.45. The van der Waals surface area contributed by atoms with Gasteiger partial charge in [0.15, 0.2) is 5.78 Å². The number of hydrogen-bond acceptors (Lipinski definition) is 3. The second kappa shape index (κ2) is 4.03. The van der Waals surface area contributed by atoms with Gasteiger partial charge in [0.2, 0.25) is 0 Å². The van der Waals surface area contributed by atoms with Crippen LogP contribution in [0.25, 0.3) is 0 Å². The topological polar surface area (TPSA) is 46.7 Å². The molecule has 120 valence electrons. The first kappa shape index (κ1) is 13.7. The van der Waals surface area contributed by atoms with Gasteiger partial charge in [-0.2, -0.15) is 0 Å². The summed E-state index contributed by atoms with van der Waals surface area (Å²) < 4.78 is 5.85. The maximum atomic E-state index is 12.4. The molecule has 0 aromatic rings. The van der Waals surface area contributed by atoms with E-state index in [0.29, 0.717) is 35.2 Å². The largest absolute Gasteiger partial charge is 0.361 e. The van der Waals surface area contributed by atoms with Gasteiger partial charge in [-0.15, -0.1) is 0 Å². The molecular formula is C19H26O3. The summed E-state index contributed by atoms with van der Waals surface area (Å²) >= 11 is 0. The lowest BCUT2D eigenvalue weighted by Gasteiger charge is -2.58. The second-order valence-corrected chi connectivity index (χ2v) is 9.08. The molecule has 0 spiro atoms. The molecule has 0 unspecified atom stereocenters. The summed E-state index contributed by atoms with van der Waals surface area (Å²) in [6.07, 6.45) is 7.35. The molecule has 4 aliphatic carbocycles. The van der Waals surface area contributed by atoms with Gasteiger partial charge in [-0.1, -0.05) is 13.8 Å². The van der Waals surface area contributed by atoms with Crippen molar-refractivity contribution >= 4 is 11.6 Å². The van der Waals surface area contributed by atoms with Gasteiger partial charge >= 0.3 is 0 Å². The maximum absolute atomic E-state index is 12.4. The van der Waals surface area contributed by atoms with Crippen molar-refractivity contribution in [2.75, 3.05) is 0 Å². The monoisotopic (exact) mass is 302 g/mol. The van der Waals surface area contributed by atoms with E-state index >= 15 is 0 Å². The van der Waals surface area contributed by atoms with E-state index in [1.165, 1.54) is 6.42 Å². The Balaban J connectivity index is 1.51. The summed E-state index contributed by atoms with van der Waals surface area (Å²) in [6.45, 7) is 4.64. The normalized spacial score (nSPS) is 59.4. The van der Waals surface area contributed by atoms with Gasteiger partial charge in [-0.3, -0.25) is 9.59 Å². The third kappa shape index (κ3) is 1.43. The predicted molar refractivity (Wildman–Crippen MR) is 81.2 cm³/mol. The molecule has 0 bridgehead atoms. The quantitative estimate of drug-likeness (QED) is 0.646. The van der Waals surface area contributed by atoms with E-state index in [4.69, 9.17) is 4.74 Å². The van der Waals surface area contributed by atoms with Crippen LogP contribution in [0.15, 0.2) is 0 Å². The second-order valence-electron chi connectivity index (χ2n) is 9.08. The van der Waals surface area contributed by atoms with E-state index in [-0.39, 0.29) is 23.0 Å². The molecule has 0 N–H and O–H groups in total. The van der Waals surface area contributed by atoms with Gasteiger partial charge in [0.05, 0.1) is 6.10 Å². The van der Waals surface area contributed by atoms with Crippen LogP contribution in [0.3, 0.4) is 0 Å². The maximum Gasteiger partial charge on any atom is 0.164 e. The molecule has 4 saturated carbocycles. The van der Waals surface area contributed by atoms with Crippen molar-refractivity contribution in [1.82, 2.24) is 0 Å². The Labute approximate surface area is 132 Å². The third-order valence-corrected chi connectivity index (χ3v) is 8.54. The highest BCUT2D eigenvalue weighted by molar-refractivity contribution is 5.88. The molecule has 8 atom stereocenters. The first-order chi connectivity index (χ1) is 10.5. The van der Waals surface area contributed by atoms with Crippen LogP contribution in [-0.2, 0) is 14.3 Å². The standard InChI is InChI=1S/C19H26O3/c1-18-8-7-13-11(12(18)5-6-15(18)21)4-3-10-9-14(20)16-17(22-16)19(10,13)2/h10-13,16-17H,3-9H2,1-2H3/t10-,11+,12-,13+,16-,17-,18-,19-/m0/s1. The van der Waals surface area contributed by atoms with Gasteiger partial charge < -0.3 is 4.74 Å². The number of fused-ring (bicyclic) bond motifs is 7. The van der Waals surface area contributed by atoms with E-state index in [1.807, 2.05) is 0 Å². The van der Waals surface area contributed by atoms with E-state index < -0.39 is 0 Å². The summed E-state index contributed by atoms with van der Waals surface area (Å²) in [7, 11) is 0. The number of carbonyl (C=O) groups is 2. The van der Waals surface area contributed by atoms with Crippen molar-refractivity contribution < 1.29 is 14.3 Å². The number of epoxide rings is 1. The average molecular weight is 302 g/mol. The molecule has 22 heavy (non-hydrogen) atoms. The lowest BCUT2D eigenvalue weighted by Crippen LogP contribution is -2.56. The fourth-order valence-electron chi connectivity index (χ4n) is 7.20. The van der Waals surface area contributed by atoms with Crippen molar-refractivity contribution in [1.29, 1.82) is 0 Å². The van der Waals surface area contributed by atoms with Gasteiger partial charge in [0.25, 0.3) is 0 Å². The Bertz CT molecular complexity index is 569. The van der Waals surface area contributed by atoms with Gasteiger partial charge in [0.1, 0.15) is 11.9 Å². The zero-order chi connectivity index (χ0) is 15.3. The molecule has 1 saturated heterocycles. The third-order valence-electron chi connectivity index (χ3n) is 8.54. The van der Waals surface area contributed by atoms with Gasteiger partial charge in [0, 0.05) is 23.7 Å². The summed E-state index contributed by atoms with van der Waals surface area (Å²) in [5, 5.41) is 0. The molecule has 0 radical (unpaired) electrons. The zero-order valence-electron chi connectivity index (χ0n) is 13.6. The number of hydrogen-bond donors (Lipinski definition) is 0. The summed E-state index contributed by atoms with van der Waals surface area (Å²) in [6, 6.07) is 0. The minimum Gasteiger partial charge on any atom is -0.361 e. The Morgan fingerprint density at radius 3 is 2.68 bits per heavy atom. The van der Waals surface area contributed by atoms with E-state index in [1.54, 1.807) is 0 Å². The Morgan fingerprint density at radius 2 is 1.86 bits per heavy atom. The number of ketones is 2. The number of carbonyl (C=O) groups excluding carboxylic acids is 2. The molecule has 5 aliphatic rings. The molecule has 0 aromatic carbocycles. The first-order valence-corrected chi connectivity index (χ1v) is 9.17. The minimum atomic E-state index is -0.0847. The van der Waals surface area contributed by atoms with Crippen LogP contribution < -0.4 is 0 Å². The SMILES string of the molecule is C[C@]12[C@@H](CC[C@H]3[C@H]1CC[C@]1(C)C(=O)CC[C@@H]31)CC(=O)[C@@H]1O[C@@H]12. The van der Waals surface area contributed by atoms with Crippen LogP contribution in [0.2, 0.25) is 0 Å². The smallest absolute Gasteiger partial charge is 0.164 e. The highest BCUT2D eigenvalue weighted by atomic mass is 16.6. The molecule has 5 rings (SSSR count). The number of Topliss-reactive ketones (excluding diaryl/α,β-unsaturated/α-hetero) is 2. The Morgan fingerprint density at radius 1 is 1.05 bits per heavy atom. The average Bonchev–Trinajstić information content (AvgIpc) is 3.24. The Hall–Kier alpha value is -0.700. The minimum absolute atomic E-state index is 0.0430. The van der Waals surface area contributed by atoms with Gasteiger partial charge in [-0.05, 0) is 55.8 Å². The predicted octanol–water partition coefficient (Wildman–Crippen LogP) is 3.15. The molecule has 0 aromatic heterocycles. The van der Waals surface area contributed by atoms with Gasteiger partial charge in [-0.25, -0.2) is 0 Å². The van der Waals surface area contributed by atoms with Crippen LogP contribution in [0.4, 0.5) is 0 Å². The molecule has 1 aliphatic heterocycles. The van der Waals surface area contributed by atoms with Crippen LogP contribution in [0, 0.1) is 34.5 Å². The fourth-order valence-corrected chi connectivity index (χ4v) is 7.20. The van der Waals surface area contributed by atoms with E-state index in [9.17, 15) is 9.59 Å². The molecule has 0 amide bonds. The number of rotatable bonds is 0. The first-order valence-electron chi connectivity index (χ1n) is 9.17. The fraction of sp³-hybridized carbons (Fsp3) is 0.895. The lowest BCUT2D eigenvalue weighted by molar-refractivity contribution is -0.141. The summed E-state index contributed by atoms with van der Waals surface area (Å²) in [4.78, 5) is 24.5. The van der Waals surface area contributed by atoms with Crippen LogP contribution >= 0.6 is 0 Å². The van der Waals surface area contributed by atoms with Crippen LogP contribution in [0.5, 0.6) is 0 Å².